The zero-order valence-electron chi connectivity index (χ0n) is 8.10. The predicted molar refractivity (Wildman–Crippen MR) is 49.2 cm³/mol. The molecule has 2 heteroatoms. The molecular weight excluding hydrogens is 150 g/mol. The van der Waals surface area contributed by atoms with Gasteiger partial charge in [0.05, 0.1) is 6.10 Å². The highest BCUT2D eigenvalue weighted by atomic mass is 16.5. The summed E-state index contributed by atoms with van der Waals surface area (Å²) in [5, 5.41) is 3.59. The molecule has 1 aliphatic heterocycles. The molecule has 2 aliphatic rings. The molecule has 12 heavy (non-hydrogen) atoms. The Morgan fingerprint density at radius 2 is 2.25 bits per heavy atom. The third kappa shape index (κ3) is 1.64. The number of hydrogen-bond acceptors (Lipinski definition) is 2. The number of nitrogens with one attached hydrogen (secondary N) is 1. The SMILES string of the molecule is CC1OCCC1(C)CNC1CC1. The van der Waals surface area contributed by atoms with Gasteiger partial charge >= 0.3 is 0 Å². The molecule has 1 aliphatic carbocycles. The Kier molecular flexibility index (Phi) is 2.13. The first-order valence-electron chi connectivity index (χ1n) is 5.06. The van der Waals surface area contributed by atoms with Crippen LogP contribution in [0.2, 0.25) is 0 Å². The Bertz CT molecular complexity index is 167. The molecule has 0 aromatic heterocycles. The van der Waals surface area contributed by atoms with Crippen molar-refractivity contribution in [1.29, 1.82) is 0 Å². The van der Waals surface area contributed by atoms with Gasteiger partial charge in [0.1, 0.15) is 0 Å². The van der Waals surface area contributed by atoms with E-state index in [1.807, 2.05) is 0 Å². The third-order valence-electron chi connectivity index (χ3n) is 3.39. The van der Waals surface area contributed by atoms with E-state index in [0.717, 1.165) is 19.2 Å². The van der Waals surface area contributed by atoms with E-state index in [-0.39, 0.29) is 0 Å². The molecule has 0 aromatic carbocycles. The lowest BCUT2D eigenvalue weighted by atomic mass is 9.84. The van der Waals surface area contributed by atoms with Crippen LogP contribution in [0.5, 0.6) is 0 Å². The molecule has 0 amide bonds. The van der Waals surface area contributed by atoms with Gasteiger partial charge in [-0.2, -0.15) is 0 Å². The molecule has 1 saturated heterocycles. The van der Waals surface area contributed by atoms with Crippen molar-refractivity contribution in [3.63, 3.8) is 0 Å². The summed E-state index contributed by atoms with van der Waals surface area (Å²) in [5.74, 6) is 0. The minimum atomic E-state index is 0.391. The van der Waals surface area contributed by atoms with Gasteiger partial charge in [0.15, 0.2) is 0 Å². The topological polar surface area (TPSA) is 21.3 Å². The molecule has 2 unspecified atom stereocenters. The average Bonchev–Trinajstić information content (AvgIpc) is 2.79. The van der Waals surface area contributed by atoms with E-state index >= 15 is 0 Å². The van der Waals surface area contributed by atoms with Gasteiger partial charge in [0.25, 0.3) is 0 Å². The van der Waals surface area contributed by atoms with Gasteiger partial charge in [-0.05, 0) is 26.2 Å². The highest BCUT2D eigenvalue weighted by molar-refractivity contribution is 4.91. The Morgan fingerprint density at radius 3 is 2.75 bits per heavy atom. The van der Waals surface area contributed by atoms with Crippen LogP contribution in [0.25, 0.3) is 0 Å². The van der Waals surface area contributed by atoms with Gasteiger partial charge in [-0.3, -0.25) is 0 Å². The van der Waals surface area contributed by atoms with Crippen molar-refractivity contribution in [2.24, 2.45) is 5.41 Å². The number of ether oxygens (including phenoxy) is 1. The normalized spacial score (nSPS) is 42.0. The first-order chi connectivity index (χ1) is 5.71. The summed E-state index contributed by atoms with van der Waals surface area (Å²) in [6.07, 6.45) is 4.41. The molecule has 2 fully saturated rings. The summed E-state index contributed by atoms with van der Waals surface area (Å²) in [6.45, 7) is 6.62. The lowest BCUT2D eigenvalue weighted by molar-refractivity contribution is 0.0715. The highest BCUT2D eigenvalue weighted by Gasteiger charge is 2.37. The van der Waals surface area contributed by atoms with Crippen molar-refractivity contribution in [3.8, 4) is 0 Å². The molecule has 0 aromatic rings. The summed E-state index contributed by atoms with van der Waals surface area (Å²) in [6, 6.07) is 0.828. The first kappa shape index (κ1) is 8.52. The molecule has 1 heterocycles. The highest BCUT2D eigenvalue weighted by Crippen LogP contribution is 2.34. The summed E-state index contributed by atoms with van der Waals surface area (Å²) in [7, 11) is 0. The van der Waals surface area contributed by atoms with E-state index < -0.39 is 0 Å². The molecular formula is C10H19NO. The maximum absolute atomic E-state index is 5.58. The second kappa shape index (κ2) is 3.00. The van der Waals surface area contributed by atoms with Gasteiger partial charge in [0, 0.05) is 24.6 Å². The van der Waals surface area contributed by atoms with Gasteiger partial charge in [-0.25, -0.2) is 0 Å². The molecule has 2 rings (SSSR count). The maximum Gasteiger partial charge on any atom is 0.0613 e. The fraction of sp³-hybridized carbons (Fsp3) is 1.00. The van der Waals surface area contributed by atoms with Crippen LogP contribution in [0, 0.1) is 5.41 Å². The van der Waals surface area contributed by atoms with E-state index in [2.05, 4.69) is 19.2 Å². The molecule has 0 bridgehead atoms. The van der Waals surface area contributed by atoms with Crippen LogP contribution in [0.1, 0.15) is 33.1 Å². The number of rotatable bonds is 3. The molecule has 1 N–H and O–H groups in total. The molecule has 2 nitrogen and oxygen atoms in total. The molecule has 2 atom stereocenters. The smallest absolute Gasteiger partial charge is 0.0613 e. The van der Waals surface area contributed by atoms with Crippen molar-refractivity contribution in [3.05, 3.63) is 0 Å². The molecule has 70 valence electrons. The van der Waals surface area contributed by atoms with Crippen molar-refractivity contribution in [1.82, 2.24) is 5.32 Å². The van der Waals surface area contributed by atoms with Crippen molar-refractivity contribution >= 4 is 0 Å². The lowest BCUT2D eigenvalue weighted by Gasteiger charge is -2.27. The Balaban J connectivity index is 1.82. The zero-order chi connectivity index (χ0) is 8.60. The van der Waals surface area contributed by atoms with Crippen molar-refractivity contribution in [2.45, 2.75) is 45.3 Å². The zero-order valence-corrected chi connectivity index (χ0v) is 8.10. The molecule has 0 radical (unpaired) electrons. The van der Waals surface area contributed by atoms with Crippen molar-refractivity contribution < 1.29 is 4.74 Å². The van der Waals surface area contributed by atoms with Crippen LogP contribution in [-0.4, -0.2) is 25.3 Å². The van der Waals surface area contributed by atoms with Crippen LogP contribution in [-0.2, 0) is 4.74 Å². The molecule has 1 saturated carbocycles. The van der Waals surface area contributed by atoms with Crippen LogP contribution < -0.4 is 5.32 Å². The Labute approximate surface area is 74.7 Å². The van der Waals surface area contributed by atoms with Crippen LogP contribution in [0.15, 0.2) is 0 Å². The Morgan fingerprint density at radius 1 is 1.50 bits per heavy atom. The summed E-state index contributed by atoms with van der Waals surface area (Å²) < 4.78 is 5.58. The standard InChI is InChI=1S/C10H19NO/c1-8-10(2,5-6-12-8)7-11-9-3-4-9/h8-9,11H,3-7H2,1-2H3. The van der Waals surface area contributed by atoms with E-state index in [4.69, 9.17) is 4.74 Å². The van der Waals surface area contributed by atoms with Gasteiger partial charge in [0.2, 0.25) is 0 Å². The van der Waals surface area contributed by atoms with Crippen LogP contribution in [0.3, 0.4) is 0 Å². The fourth-order valence-electron chi connectivity index (χ4n) is 1.77. The van der Waals surface area contributed by atoms with E-state index in [1.54, 1.807) is 0 Å². The quantitative estimate of drug-likeness (QED) is 0.692. The lowest BCUT2D eigenvalue weighted by Crippen LogP contribution is -2.37. The van der Waals surface area contributed by atoms with Crippen LogP contribution >= 0.6 is 0 Å². The summed E-state index contributed by atoms with van der Waals surface area (Å²) in [5.41, 5.74) is 0.391. The monoisotopic (exact) mass is 169 g/mol. The van der Waals surface area contributed by atoms with Gasteiger partial charge < -0.3 is 10.1 Å². The largest absolute Gasteiger partial charge is 0.378 e. The third-order valence-corrected chi connectivity index (χ3v) is 3.39. The predicted octanol–water partition coefficient (Wildman–Crippen LogP) is 1.55. The maximum atomic E-state index is 5.58. The summed E-state index contributed by atoms with van der Waals surface area (Å²) in [4.78, 5) is 0. The second-order valence-electron chi connectivity index (χ2n) is 4.57. The summed E-state index contributed by atoms with van der Waals surface area (Å²) >= 11 is 0. The fourth-order valence-corrected chi connectivity index (χ4v) is 1.77. The van der Waals surface area contributed by atoms with E-state index in [0.29, 0.717) is 11.5 Å². The number of hydrogen-bond donors (Lipinski definition) is 1. The van der Waals surface area contributed by atoms with E-state index in [1.165, 1.54) is 19.3 Å². The minimum absolute atomic E-state index is 0.391. The van der Waals surface area contributed by atoms with Gasteiger partial charge in [-0.1, -0.05) is 6.92 Å². The first-order valence-corrected chi connectivity index (χ1v) is 5.06. The minimum Gasteiger partial charge on any atom is -0.378 e. The van der Waals surface area contributed by atoms with E-state index in [9.17, 15) is 0 Å². The van der Waals surface area contributed by atoms with Crippen LogP contribution in [0.4, 0.5) is 0 Å². The average molecular weight is 169 g/mol. The second-order valence-corrected chi connectivity index (χ2v) is 4.57. The molecule has 0 spiro atoms. The van der Waals surface area contributed by atoms with Gasteiger partial charge in [-0.15, -0.1) is 0 Å². The van der Waals surface area contributed by atoms with Crippen molar-refractivity contribution in [2.75, 3.05) is 13.2 Å². The Hall–Kier alpha value is -0.0800.